The number of carbonyl (C=O) groups excluding carboxylic acids is 1. The summed E-state index contributed by atoms with van der Waals surface area (Å²) in [6.45, 7) is 0.951. The number of para-hydroxylation sites is 1. The van der Waals surface area contributed by atoms with Crippen LogP contribution in [-0.2, 0) is 9.53 Å². The smallest absolute Gasteiger partial charge is 0.266 e. The van der Waals surface area contributed by atoms with E-state index in [0.717, 1.165) is 11.3 Å². The number of hydrogen-bond acceptors (Lipinski definition) is 5. The minimum Gasteiger partial charge on any atom is -0.383 e. The van der Waals surface area contributed by atoms with E-state index < -0.39 is 0 Å². The number of amides is 1. The molecular formula is C20H20N2O2S2. The number of rotatable bonds is 6. The second-order valence-electron chi connectivity index (χ2n) is 5.56. The van der Waals surface area contributed by atoms with Crippen LogP contribution in [0.1, 0.15) is 5.56 Å². The zero-order valence-electron chi connectivity index (χ0n) is 14.7. The Balaban J connectivity index is 1.89. The maximum absolute atomic E-state index is 12.8. The Morgan fingerprint density at radius 3 is 2.54 bits per heavy atom. The van der Waals surface area contributed by atoms with Crippen LogP contribution in [0.15, 0.2) is 69.4 Å². The molecule has 0 bridgehead atoms. The molecule has 2 aromatic rings. The SMILES string of the molecule is COCCN1C(=O)/C(=C\c2ccc(SC)cc2)SC1=Nc1ccccc1. The normalized spacial score (nSPS) is 17.5. The molecule has 0 atom stereocenters. The number of benzene rings is 2. The van der Waals surface area contributed by atoms with E-state index in [1.165, 1.54) is 16.7 Å². The van der Waals surface area contributed by atoms with Crippen molar-refractivity contribution >= 4 is 46.4 Å². The highest BCUT2D eigenvalue weighted by atomic mass is 32.2. The molecule has 134 valence electrons. The summed E-state index contributed by atoms with van der Waals surface area (Å²) in [7, 11) is 1.63. The summed E-state index contributed by atoms with van der Waals surface area (Å²) in [4.78, 5) is 21.0. The standard InChI is InChI=1S/C20H20N2O2S2/c1-24-13-12-22-19(23)18(14-15-8-10-17(25-2)11-9-15)26-20(22)21-16-6-4-3-5-7-16/h3-11,14H,12-13H2,1-2H3/b18-14+,21-20?. The van der Waals surface area contributed by atoms with Gasteiger partial charge in [-0.2, -0.15) is 0 Å². The third-order valence-electron chi connectivity index (χ3n) is 3.80. The third-order valence-corrected chi connectivity index (χ3v) is 5.55. The Morgan fingerprint density at radius 1 is 1.15 bits per heavy atom. The second kappa shape index (κ2) is 9.07. The van der Waals surface area contributed by atoms with Crippen LogP contribution in [0.4, 0.5) is 5.69 Å². The van der Waals surface area contributed by atoms with Gasteiger partial charge in [0.15, 0.2) is 5.17 Å². The summed E-state index contributed by atoms with van der Waals surface area (Å²) >= 11 is 3.10. The number of hydrogen-bond donors (Lipinski definition) is 0. The van der Waals surface area contributed by atoms with E-state index in [9.17, 15) is 4.79 Å². The number of nitrogens with zero attached hydrogens (tertiary/aromatic N) is 2. The largest absolute Gasteiger partial charge is 0.383 e. The molecule has 0 saturated carbocycles. The zero-order valence-corrected chi connectivity index (χ0v) is 16.3. The van der Waals surface area contributed by atoms with Gasteiger partial charge in [-0.15, -0.1) is 11.8 Å². The van der Waals surface area contributed by atoms with Crippen molar-refractivity contribution in [2.45, 2.75) is 4.90 Å². The predicted molar refractivity (Wildman–Crippen MR) is 111 cm³/mol. The molecule has 0 radical (unpaired) electrons. The summed E-state index contributed by atoms with van der Waals surface area (Å²) in [6.07, 6.45) is 3.97. The molecule has 1 saturated heterocycles. The van der Waals surface area contributed by atoms with E-state index in [-0.39, 0.29) is 5.91 Å². The topological polar surface area (TPSA) is 41.9 Å². The minimum atomic E-state index is -0.0318. The monoisotopic (exact) mass is 384 g/mol. The van der Waals surface area contributed by atoms with Crippen LogP contribution >= 0.6 is 23.5 Å². The number of amidine groups is 1. The molecule has 0 spiro atoms. The summed E-state index contributed by atoms with van der Waals surface area (Å²) in [5, 5.41) is 0.685. The fourth-order valence-corrected chi connectivity index (χ4v) is 3.87. The van der Waals surface area contributed by atoms with Crippen molar-refractivity contribution in [3.8, 4) is 0 Å². The molecule has 1 aliphatic rings. The van der Waals surface area contributed by atoms with Crippen molar-refractivity contribution in [2.75, 3.05) is 26.5 Å². The fraction of sp³-hybridized carbons (Fsp3) is 0.200. The Kier molecular flexibility index (Phi) is 6.55. The summed E-state index contributed by atoms with van der Waals surface area (Å²) < 4.78 is 5.15. The number of carbonyl (C=O) groups is 1. The van der Waals surface area contributed by atoms with E-state index in [0.29, 0.717) is 23.2 Å². The molecule has 0 N–H and O–H groups in total. The Labute approximate surface area is 162 Å². The Hall–Kier alpha value is -2.02. The van der Waals surface area contributed by atoms with Crippen LogP contribution in [0.5, 0.6) is 0 Å². The molecule has 4 nitrogen and oxygen atoms in total. The quantitative estimate of drug-likeness (QED) is 0.537. The lowest BCUT2D eigenvalue weighted by molar-refractivity contribution is -0.122. The maximum Gasteiger partial charge on any atom is 0.266 e. The molecule has 1 fully saturated rings. The van der Waals surface area contributed by atoms with Crippen molar-refractivity contribution in [3.63, 3.8) is 0 Å². The van der Waals surface area contributed by atoms with Crippen LogP contribution in [0.25, 0.3) is 6.08 Å². The molecular weight excluding hydrogens is 364 g/mol. The number of thioether (sulfide) groups is 2. The molecule has 0 aromatic heterocycles. The Morgan fingerprint density at radius 2 is 1.88 bits per heavy atom. The Bertz CT molecular complexity index is 817. The lowest BCUT2D eigenvalue weighted by Gasteiger charge is -2.14. The third kappa shape index (κ3) is 4.58. The number of aliphatic imine (C=N–C) groups is 1. The molecule has 0 unspecified atom stereocenters. The zero-order chi connectivity index (χ0) is 18.4. The molecule has 26 heavy (non-hydrogen) atoms. The van der Waals surface area contributed by atoms with Gasteiger partial charge in [0.1, 0.15) is 0 Å². The molecule has 0 aliphatic carbocycles. The van der Waals surface area contributed by atoms with E-state index in [1.807, 2.05) is 54.8 Å². The predicted octanol–water partition coefficient (Wildman–Crippen LogP) is 4.66. The van der Waals surface area contributed by atoms with Crippen molar-refractivity contribution in [1.82, 2.24) is 4.90 Å². The van der Waals surface area contributed by atoms with Gasteiger partial charge in [-0.25, -0.2) is 4.99 Å². The van der Waals surface area contributed by atoms with Gasteiger partial charge in [0.05, 0.1) is 23.7 Å². The summed E-state index contributed by atoms with van der Waals surface area (Å²) in [5.41, 5.74) is 1.84. The van der Waals surface area contributed by atoms with E-state index in [2.05, 4.69) is 17.1 Å². The van der Waals surface area contributed by atoms with Crippen molar-refractivity contribution in [3.05, 3.63) is 65.1 Å². The number of ether oxygens (including phenoxy) is 1. The maximum atomic E-state index is 12.8. The second-order valence-corrected chi connectivity index (χ2v) is 7.45. The summed E-state index contributed by atoms with van der Waals surface area (Å²) in [5.74, 6) is -0.0318. The molecule has 2 aromatic carbocycles. The minimum absolute atomic E-state index is 0.0318. The van der Waals surface area contributed by atoms with Crippen molar-refractivity contribution < 1.29 is 9.53 Å². The molecule has 1 amide bonds. The van der Waals surface area contributed by atoms with Crippen LogP contribution in [0.2, 0.25) is 0 Å². The van der Waals surface area contributed by atoms with E-state index in [4.69, 9.17) is 4.74 Å². The van der Waals surface area contributed by atoms with Crippen LogP contribution in [-0.4, -0.2) is 42.5 Å². The highest BCUT2D eigenvalue weighted by Gasteiger charge is 2.33. The van der Waals surface area contributed by atoms with Gasteiger partial charge in [-0.3, -0.25) is 9.69 Å². The van der Waals surface area contributed by atoms with Crippen molar-refractivity contribution in [1.29, 1.82) is 0 Å². The fourth-order valence-electron chi connectivity index (χ4n) is 2.44. The molecule has 1 heterocycles. The van der Waals surface area contributed by atoms with Gasteiger partial charge < -0.3 is 4.74 Å². The lowest BCUT2D eigenvalue weighted by atomic mass is 10.2. The first-order valence-corrected chi connectivity index (χ1v) is 10.2. The number of methoxy groups -OCH3 is 1. The van der Waals surface area contributed by atoms with Gasteiger partial charge in [0, 0.05) is 12.0 Å². The van der Waals surface area contributed by atoms with Crippen molar-refractivity contribution in [2.24, 2.45) is 4.99 Å². The molecule has 6 heteroatoms. The van der Waals surface area contributed by atoms with E-state index in [1.54, 1.807) is 23.8 Å². The molecule has 1 aliphatic heterocycles. The highest BCUT2D eigenvalue weighted by molar-refractivity contribution is 8.18. The van der Waals surface area contributed by atoms with Crippen LogP contribution in [0.3, 0.4) is 0 Å². The highest BCUT2D eigenvalue weighted by Crippen LogP contribution is 2.34. The van der Waals surface area contributed by atoms with Crippen LogP contribution < -0.4 is 0 Å². The first kappa shape index (κ1) is 18.8. The summed E-state index contributed by atoms with van der Waals surface area (Å²) in [6, 6.07) is 17.8. The van der Waals surface area contributed by atoms with Gasteiger partial charge in [0.25, 0.3) is 5.91 Å². The van der Waals surface area contributed by atoms with Gasteiger partial charge >= 0.3 is 0 Å². The molecule has 3 rings (SSSR count). The average molecular weight is 385 g/mol. The lowest BCUT2D eigenvalue weighted by Crippen LogP contribution is -2.32. The van der Waals surface area contributed by atoms with Gasteiger partial charge in [-0.05, 0) is 53.9 Å². The average Bonchev–Trinajstić information content (AvgIpc) is 2.96. The van der Waals surface area contributed by atoms with Gasteiger partial charge in [-0.1, -0.05) is 30.3 Å². The first-order chi connectivity index (χ1) is 12.7. The van der Waals surface area contributed by atoms with Crippen LogP contribution in [0, 0.1) is 0 Å². The van der Waals surface area contributed by atoms with E-state index >= 15 is 0 Å². The van der Waals surface area contributed by atoms with Gasteiger partial charge in [0.2, 0.25) is 0 Å². The first-order valence-electron chi connectivity index (χ1n) is 8.19.